The monoisotopic (exact) mass is 342 g/mol. The number of thioether (sulfide) groups is 1. The van der Waals surface area contributed by atoms with Crippen LogP contribution in [-0.2, 0) is 0 Å². The zero-order valence-corrected chi connectivity index (χ0v) is 14.3. The molecule has 3 nitrogen and oxygen atoms in total. The number of nitrogens with one attached hydrogen (secondary N) is 1. The average Bonchev–Trinajstić information content (AvgIpc) is 2.63. The lowest BCUT2D eigenvalue weighted by atomic mass is 10.00. The molecule has 0 saturated carbocycles. The van der Waals surface area contributed by atoms with Crippen LogP contribution in [0, 0.1) is 5.82 Å². The molecule has 0 bridgehead atoms. The van der Waals surface area contributed by atoms with Crippen LogP contribution in [0.2, 0.25) is 0 Å². The van der Waals surface area contributed by atoms with Gasteiger partial charge in [-0.2, -0.15) is 0 Å². The quantitative estimate of drug-likeness (QED) is 0.807. The summed E-state index contributed by atoms with van der Waals surface area (Å²) in [5, 5.41) is 2.92. The molecule has 0 fully saturated rings. The zero-order valence-electron chi connectivity index (χ0n) is 13.5. The number of carbonyl (C=O) groups is 1. The molecule has 3 rings (SSSR count). The first kappa shape index (κ1) is 16.6. The third-order valence-electron chi connectivity index (χ3n) is 4.05. The number of amides is 2. The number of anilines is 1. The van der Waals surface area contributed by atoms with Crippen LogP contribution < -0.4 is 5.32 Å². The van der Waals surface area contributed by atoms with Crippen LogP contribution in [0.5, 0.6) is 0 Å². The molecule has 0 aliphatic carbocycles. The molecule has 1 N–H and O–H groups in total. The molecule has 2 aromatic carbocycles. The van der Waals surface area contributed by atoms with Gasteiger partial charge in [-0.15, -0.1) is 11.8 Å². The van der Waals surface area contributed by atoms with Crippen LogP contribution in [-0.4, -0.2) is 30.3 Å². The Morgan fingerprint density at radius 1 is 1.12 bits per heavy atom. The molecule has 1 aliphatic heterocycles. The molecule has 24 heavy (non-hydrogen) atoms. The van der Waals surface area contributed by atoms with Crippen molar-refractivity contribution in [2.24, 2.45) is 0 Å². The highest BCUT2D eigenvalue weighted by atomic mass is 32.2. The van der Waals surface area contributed by atoms with Crippen molar-refractivity contribution in [3.05, 3.63) is 66.0 Å². The van der Waals surface area contributed by atoms with Gasteiger partial charge >= 0.3 is 6.03 Å². The van der Waals surface area contributed by atoms with Gasteiger partial charge in [-0.25, -0.2) is 9.18 Å². The van der Waals surface area contributed by atoms with Gasteiger partial charge in [-0.05, 0) is 60.2 Å². The number of benzene rings is 2. The van der Waals surface area contributed by atoms with Crippen molar-refractivity contribution >= 4 is 29.1 Å². The van der Waals surface area contributed by atoms with Gasteiger partial charge in [-0.3, -0.25) is 0 Å². The van der Waals surface area contributed by atoms with E-state index in [9.17, 15) is 9.18 Å². The molecule has 0 saturated heterocycles. The molecular formula is C19H19FN2OS. The second-order valence-corrected chi connectivity index (χ2v) is 6.47. The van der Waals surface area contributed by atoms with Crippen LogP contribution in [0.1, 0.15) is 12.0 Å². The van der Waals surface area contributed by atoms with Gasteiger partial charge in [0.15, 0.2) is 0 Å². The second kappa shape index (κ2) is 7.53. The fraction of sp³-hybridized carbons (Fsp3) is 0.211. The predicted octanol–water partition coefficient (Wildman–Crippen LogP) is 4.87. The summed E-state index contributed by atoms with van der Waals surface area (Å²) >= 11 is 1.67. The number of hydrogen-bond donors (Lipinski definition) is 1. The standard InChI is InChI=1S/C19H19FN2OS/c1-24-18-8-6-17(7-9-18)21-19(23)22-12-10-15(11-13-22)14-2-4-16(20)5-3-14/h2-10H,11-13H2,1H3,(H,21,23). The Morgan fingerprint density at radius 2 is 1.83 bits per heavy atom. The Labute approximate surface area is 145 Å². The summed E-state index contributed by atoms with van der Waals surface area (Å²) in [4.78, 5) is 15.3. The minimum atomic E-state index is -0.233. The van der Waals surface area contributed by atoms with E-state index in [1.807, 2.05) is 36.6 Å². The Morgan fingerprint density at radius 3 is 2.42 bits per heavy atom. The van der Waals surface area contributed by atoms with Crippen LogP contribution in [0.25, 0.3) is 5.57 Å². The van der Waals surface area contributed by atoms with E-state index in [-0.39, 0.29) is 11.8 Å². The molecule has 2 aromatic rings. The van der Waals surface area contributed by atoms with Gasteiger partial charge in [0.05, 0.1) is 0 Å². The molecule has 0 atom stereocenters. The molecule has 5 heteroatoms. The summed E-state index contributed by atoms with van der Waals surface area (Å²) in [7, 11) is 0. The lowest BCUT2D eigenvalue weighted by molar-refractivity contribution is 0.217. The van der Waals surface area contributed by atoms with Crippen LogP contribution >= 0.6 is 11.8 Å². The first-order valence-corrected chi connectivity index (χ1v) is 9.03. The number of rotatable bonds is 3. The molecule has 2 amide bonds. The van der Waals surface area contributed by atoms with Crippen molar-refractivity contribution in [3.8, 4) is 0 Å². The molecule has 0 spiro atoms. The smallest absolute Gasteiger partial charge is 0.320 e. The van der Waals surface area contributed by atoms with Crippen molar-refractivity contribution < 1.29 is 9.18 Å². The predicted molar refractivity (Wildman–Crippen MR) is 97.8 cm³/mol. The molecule has 1 heterocycles. The fourth-order valence-electron chi connectivity index (χ4n) is 2.66. The number of urea groups is 1. The summed E-state index contributed by atoms with van der Waals surface area (Å²) in [5.41, 5.74) is 2.97. The zero-order chi connectivity index (χ0) is 16.9. The first-order valence-electron chi connectivity index (χ1n) is 7.80. The topological polar surface area (TPSA) is 32.3 Å². The van der Waals surface area contributed by atoms with E-state index >= 15 is 0 Å². The Hall–Kier alpha value is -2.27. The normalized spacial score (nSPS) is 14.2. The molecule has 124 valence electrons. The summed E-state index contributed by atoms with van der Waals surface area (Å²) in [6.07, 6.45) is 4.82. The van der Waals surface area contributed by atoms with Crippen molar-refractivity contribution in [1.29, 1.82) is 0 Å². The third kappa shape index (κ3) is 3.97. The first-order chi connectivity index (χ1) is 11.7. The van der Waals surface area contributed by atoms with Crippen molar-refractivity contribution in [1.82, 2.24) is 4.90 Å². The van der Waals surface area contributed by atoms with Gasteiger partial charge in [0.25, 0.3) is 0 Å². The second-order valence-electron chi connectivity index (χ2n) is 5.59. The van der Waals surface area contributed by atoms with E-state index in [2.05, 4.69) is 5.32 Å². The van der Waals surface area contributed by atoms with Crippen molar-refractivity contribution in [2.45, 2.75) is 11.3 Å². The molecule has 0 radical (unpaired) electrons. The molecular weight excluding hydrogens is 323 g/mol. The van der Waals surface area contributed by atoms with Gasteiger partial charge in [0.2, 0.25) is 0 Å². The largest absolute Gasteiger partial charge is 0.322 e. The molecule has 1 aliphatic rings. The SMILES string of the molecule is CSc1ccc(NC(=O)N2CC=C(c3ccc(F)cc3)CC2)cc1. The van der Waals surface area contributed by atoms with Crippen molar-refractivity contribution in [2.75, 3.05) is 24.7 Å². The Bertz CT molecular complexity index is 741. The maximum Gasteiger partial charge on any atom is 0.322 e. The summed E-state index contributed by atoms with van der Waals surface area (Å²) in [6.45, 7) is 1.21. The molecule has 0 unspecified atom stereocenters. The van der Waals surface area contributed by atoms with E-state index in [0.29, 0.717) is 13.1 Å². The number of nitrogens with zero attached hydrogens (tertiary/aromatic N) is 1. The van der Waals surface area contributed by atoms with Crippen LogP contribution in [0.4, 0.5) is 14.9 Å². The van der Waals surface area contributed by atoms with E-state index in [1.54, 1.807) is 28.8 Å². The summed E-state index contributed by atoms with van der Waals surface area (Å²) < 4.78 is 13.0. The van der Waals surface area contributed by atoms with Crippen LogP contribution in [0.3, 0.4) is 0 Å². The van der Waals surface area contributed by atoms with Gasteiger partial charge < -0.3 is 10.2 Å². The lowest BCUT2D eigenvalue weighted by Crippen LogP contribution is -2.37. The summed E-state index contributed by atoms with van der Waals surface area (Å²) in [5.74, 6) is -0.233. The third-order valence-corrected chi connectivity index (χ3v) is 4.80. The van der Waals surface area contributed by atoms with Crippen LogP contribution in [0.15, 0.2) is 59.5 Å². The minimum Gasteiger partial charge on any atom is -0.320 e. The number of hydrogen-bond acceptors (Lipinski definition) is 2. The number of halogens is 1. The average molecular weight is 342 g/mol. The maximum absolute atomic E-state index is 13.0. The van der Waals surface area contributed by atoms with E-state index in [1.165, 1.54) is 12.1 Å². The highest BCUT2D eigenvalue weighted by Gasteiger charge is 2.18. The van der Waals surface area contributed by atoms with E-state index in [4.69, 9.17) is 0 Å². The maximum atomic E-state index is 13.0. The Kier molecular flexibility index (Phi) is 5.20. The molecule has 0 aromatic heterocycles. The number of carbonyl (C=O) groups excluding carboxylic acids is 1. The van der Waals surface area contributed by atoms with E-state index in [0.717, 1.165) is 28.1 Å². The fourth-order valence-corrected chi connectivity index (χ4v) is 3.06. The highest BCUT2D eigenvalue weighted by molar-refractivity contribution is 7.98. The minimum absolute atomic E-state index is 0.0960. The van der Waals surface area contributed by atoms with Gasteiger partial charge in [0, 0.05) is 23.7 Å². The van der Waals surface area contributed by atoms with E-state index < -0.39 is 0 Å². The Balaban J connectivity index is 1.60. The van der Waals surface area contributed by atoms with Gasteiger partial charge in [0.1, 0.15) is 5.82 Å². The summed E-state index contributed by atoms with van der Waals surface area (Å²) in [6, 6.07) is 14.2. The van der Waals surface area contributed by atoms with Crippen molar-refractivity contribution in [3.63, 3.8) is 0 Å². The van der Waals surface area contributed by atoms with Gasteiger partial charge in [-0.1, -0.05) is 18.2 Å². The highest BCUT2D eigenvalue weighted by Crippen LogP contribution is 2.23. The lowest BCUT2D eigenvalue weighted by Gasteiger charge is -2.27.